The maximum atomic E-state index is 12.2. The molecule has 5 heteroatoms. The highest BCUT2D eigenvalue weighted by Gasteiger charge is 2.23. The number of carbonyl (C=O) groups is 1. The summed E-state index contributed by atoms with van der Waals surface area (Å²) in [5.74, 6) is -0.255. The molecule has 0 atom stereocenters. The van der Waals surface area contributed by atoms with Crippen molar-refractivity contribution in [3.8, 4) is 22.5 Å². The molecule has 2 N–H and O–H groups in total. The van der Waals surface area contributed by atoms with Gasteiger partial charge in [-0.15, -0.1) is 0 Å². The maximum absolute atomic E-state index is 12.2. The van der Waals surface area contributed by atoms with Crippen LogP contribution in [0, 0.1) is 20.8 Å². The van der Waals surface area contributed by atoms with E-state index in [1.54, 1.807) is 6.07 Å². The number of hydrogen-bond donors (Lipinski definition) is 2. The van der Waals surface area contributed by atoms with Crippen molar-refractivity contribution in [1.29, 1.82) is 0 Å². The molecule has 0 saturated heterocycles. The van der Waals surface area contributed by atoms with Gasteiger partial charge in [-0.2, -0.15) is 0 Å². The number of benzene rings is 3. The van der Waals surface area contributed by atoms with Crippen LogP contribution >= 0.6 is 0 Å². The summed E-state index contributed by atoms with van der Waals surface area (Å²) < 4.78 is 6.37. The van der Waals surface area contributed by atoms with E-state index in [1.807, 2.05) is 52.0 Å². The second-order valence-corrected chi connectivity index (χ2v) is 8.13. The van der Waals surface area contributed by atoms with Crippen LogP contribution in [0.5, 0.6) is 0 Å². The van der Waals surface area contributed by atoms with Crippen LogP contribution in [0.25, 0.3) is 33.4 Å². The van der Waals surface area contributed by atoms with Gasteiger partial charge in [0.15, 0.2) is 0 Å². The SMILES string of the molecule is CCN=c1cc2oc3cc(NCC)c(C)cc3c(-c3ccc(C)cc3C(=O)O)c-2cc1C. The highest BCUT2D eigenvalue weighted by atomic mass is 16.4. The van der Waals surface area contributed by atoms with Crippen LogP contribution in [-0.2, 0) is 0 Å². The highest BCUT2D eigenvalue weighted by Crippen LogP contribution is 2.43. The molecule has 0 unspecified atom stereocenters. The Labute approximate surface area is 187 Å². The topological polar surface area (TPSA) is 74.8 Å². The molecule has 0 fully saturated rings. The molecular formula is C27H28N2O3. The Bertz CT molecular complexity index is 1380. The van der Waals surface area contributed by atoms with Crippen molar-refractivity contribution in [2.45, 2.75) is 34.6 Å². The van der Waals surface area contributed by atoms with Gasteiger partial charge < -0.3 is 14.8 Å². The molecule has 32 heavy (non-hydrogen) atoms. The molecule has 1 heterocycles. The van der Waals surface area contributed by atoms with Crippen molar-refractivity contribution in [3.05, 3.63) is 70.1 Å². The third kappa shape index (κ3) is 3.75. The van der Waals surface area contributed by atoms with Gasteiger partial charge in [0, 0.05) is 47.4 Å². The monoisotopic (exact) mass is 428 g/mol. The lowest BCUT2D eigenvalue weighted by molar-refractivity contribution is 0.0697. The standard InChI is InChI=1S/C27H28N2O3/c1-6-28-22-13-24-20(11-16(22)4)26(18-9-8-15(3)10-19(18)27(30)31)21-12-17(5)23(29-7-2)14-25(21)32-24/h8-14,28H,6-7H2,1-5H3,(H,30,31). The lowest BCUT2D eigenvalue weighted by Gasteiger charge is -2.19. The van der Waals surface area contributed by atoms with Crippen molar-refractivity contribution in [1.82, 2.24) is 0 Å². The summed E-state index contributed by atoms with van der Waals surface area (Å²) in [7, 11) is 0. The minimum Gasteiger partial charge on any atom is -0.478 e. The van der Waals surface area contributed by atoms with E-state index in [4.69, 9.17) is 4.42 Å². The van der Waals surface area contributed by atoms with Gasteiger partial charge in [-0.3, -0.25) is 4.99 Å². The fraction of sp³-hybridized carbons (Fsp3) is 0.259. The first-order valence-corrected chi connectivity index (χ1v) is 10.9. The van der Waals surface area contributed by atoms with E-state index in [0.29, 0.717) is 23.5 Å². The van der Waals surface area contributed by atoms with Gasteiger partial charge in [0.25, 0.3) is 0 Å². The number of anilines is 1. The normalized spacial score (nSPS) is 12.0. The smallest absolute Gasteiger partial charge is 0.336 e. The third-order valence-electron chi connectivity index (χ3n) is 5.75. The van der Waals surface area contributed by atoms with Gasteiger partial charge in [-0.1, -0.05) is 17.7 Å². The van der Waals surface area contributed by atoms with Gasteiger partial charge in [0.1, 0.15) is 11.3 Å². The summed E-state index contributed by atoms with van der Waals surface area (Å²) >= 11 is 0. The largest absolute Gasteiger partial charge is 0.478 e. The number of fused-ring (bicyclic) bond motifs is 2. The first-order valence-electron chi connectivity index (χ1n) is 10.9. The Balaban J connectivity index is 2.21. The molecule has 0 saturated carbocycles. The molecule has 4 rings (SSSR count). The summed E-state index contributed by atoms with van der Waals surface area (Å²) in [6, 6.07) is 13.7. The average Bonchev–Trinajstić information content (AvgIpc) is 2.74. The zero-order chi connectivity index (χ0) is 23.0. The van der Waals surface area contributed by atoms with Crippen LogP contribution in [0.1, 0.15) is 40.9 Å². The lowest BCUT2D eigenvalue weighted by Crippen LogP contribution is -2.09. The van der Waals surface area contributed by atoms with Crippen LogP contribution in [-0.4, -0.2) is 24.2 Å². The lowest BCUT2D eigenvalue weighted by atomic mass is 9.88. The summed E-state index contributed by atoms with van der Waals surface area (Å²) in [5.41, 5.74) is 7.44. The molecule has 0 radical (unpaired) electrons. The van der Waals surface area contributed by atoms with Crippen molar-refractivity contribution >= 4 is 22.6 Å². The molecule has 2 aliphatic rings. The summed E-state index contributed by atoms with van der Waals surface area (Å²) in [4.78, 5) is 16.8. The number of nitrogens with zero attached hydrogens (tertiary/aromatic N) is 1. The quantitative estimate of drug-likeness (QED) is 0.372. The minimum absolute atomic E-state index is 0.284. The zero-order valence-electron chi connectivity index (χ0n) is 19.2. The number of carboxylic acids is 1. The molecule has 2 aromatic carbocycles. The van der Waals surface area contributed by atoms with E-state index in [1.165, 1.54) is 0 Å². The molecule has 1 aliphatic heterocycles. The molecule has 5 nitrogen and oxygen atoms in total. The van der Waals surface area contributed by atoms with E-state index in [2.05, 4.69) is 29.4 Å². The fourth-order valence-corrected chi connectivity index (χ4v) is 4.25. The summed E-state index contributed by atoms with van der Waals surface area (Å²) in [6.07, 6.45) is 0. The third-order valence-corrected chi connectivity index (χ3v) is 5.75. The minimum atomic E-state index is -0.943. The predicted molar refractivity (Wildman–Crippen MR) is 130 cm³/mol. The van der Waals surface area contributed by atoms with Crippen LogP contribution in [0.2, 0.25) is 0 Å². The van der Waals surface area contributed by atoms with Gasteiger partial charge in [-0.25, -0.2) is 4.79 Å². The van der Waals surface area contributed by atoms with Crippen LogP contribution in [0.15, 0.2) is 51.9 Å². The highest BCUT2D eigenvalue weighted by molar-refractivity contribution is 6.08. The first-order chi connectivity index (χ1) is 15.3. The molecule has 2 aromatic rings. The Morgan fingerprint density at radius 3 is 2.47 bits per heavy atom. The molecule has 0 spiro atoms. The number of rotatable bonds is 5. The van der Waals surface area contributed by atoms with Gasteiger partial charge in [-0.05, 0) is 69.5 Å². The number of carboxylic acid groups (broad SMARTS) is 1. The first kappa shape index (κ1) is 21.6. The Kier molecular flexibility index (Phi) is 5.74. The molecule has 0 amide bonds. The number of hydrogen-bond acceptors (Lipinski definition) is 4. The van der Waals surface area contributed by atoms with Crippen LogP contribution in [0.4, 0.5) is 5.69 Å². The van der Waals surface area contributed by atoms with E-state index in [-0.39, 0.29) is 5.56 Å². The number of aryl methyl sites for hydroxylation is 3. The van der Waals surface area contributed by atoms with Gasteiger partial charge >= 0.3 is 5.97 Å². The Morgan fingerprint density at radius 2 is 1.78 bits per heavy atom. The maximum Gasteiger partial charge on any atom is 0.336 e. The van der Waals surface area contributed by atoms with E-state index in [0.717, 1.165) is 50.8 Å². The second kappa shape index (κ2) is 8.50. The van der Waals surface area contributed by atoms with Crippen LogP contribution < -0.4 is 10.7 Å². The molecule has 0 aromatic heterocycles. The van der Waals surface area contributed by atoms with Gasteiger partial charge in [0.05, 0.1) is 10.9 Å². The summed E-state index contributed by atoms with van der Waals surface area (Å²) in [6.45, 7) is 11.5. The van der Waals surface area contributed by atoms with Crippen molar-refractivity contribution in [2.24, 2.45) is 4.99 Å². The van der Waals surface area contributed by atoms with E-state index < -0.39 is 5.97 Å². The molecular weight excluding hydrogens is 400 g/mol. The molecule has 1 aliphatic carbocycles. The predicted octanol–water partition coefficient (Wildman–Crippen LogP) is 6.18. The number of nitrogens with one attached hydrogen (secondary N) is 1. The summed E-state index contributed by atoms with van der Waals surface area (Å²) in [5, 5.41) is 15.1. The van der Waals surface area contributed by atoms with E-state index >= 15 is 0 Å². The van der Waals surface area contributed by atoms with Crippen LogP contribution in [0.3, 0.4) is 0 Å². The van der Waals surface area contributed by atoms with Crippen molar-refractivity contribution in [2.75, 3.05) is 18.4 Å². The molecule has 0 bridgehead atoms. The zero-order valence-corrected chi connectivity index (χ0v) is 19.2. The van der Waals surface area contributed by atoms with Crippen molar-refractivity contribution < 1.29 is 14.3 Å². The average molecular weight is 429 g/mol. The number of aromatic carboxylic acids is 1. The van der Waals surface area contributed by atoms with Gasteiger partial charge in [0.2, 0.25) is 0 Å². The Hall–Kier alpha value is -3.60. The fourth-order valence-electron chi connectivity index (χ4n) is 4.25. The molecule has 164 valence electrons. The second-order valence-electron chi connectivity index (χ2n) is 8.13. The van der Waals surface area contributed by atoms with Crippen molar-refractivity contribution in [3.63, 3.8) is 0 Å². The van der Waals surface area contributed by atoms with E-state index in [9.17, 15) is 9.90 Å². The Morgan fingerprint density at radius 1 is 1.00 bits per heavy atom.